The number of hydrogen-bond acceptors (Lipinski definition) is 7. The molecule has 10 heteroatoms. The minimum Gasteiger partial charge on any atom is -0.496 e. The number of nitrogens with zero attached hydrogens (tertiary/aromatic N) is 3. The smallest absolute Gasteiger partial charge is 0.311 e. The highest BCUT2D eigenvalue weighted by atomic mass is 32.2. The standard InChI is InChI=1S/C12H13N3O6S/c1-20-10-7-11(21-2)9(15(16)17)6-8(10)12-13-4-5-14(12)22(3,18)19/h4-7H,1-3H3. The van der Waals surface area contributed by atoms with E-state index in [0.29, 0.717) is 0 Å². The van der Waals surface area contributed by atoms with Gasteiger partial charge in [-0.05, 0) is 0 Å². The van der Waals surface area contributed by atoms with E-state index in [4.69, 9.17) is 9.47 Å². The van der Waals surface area contributed by atoms with E-state index in [1.54, 1.807) is 0 Å². The van der Waals surface area contributed by atoms with Crippen molar-refractivity contribution in [1.82, 2.24) is 8.96 Å². The summed E-state index contributed by atoms with van der Waals surface area (Å²) in [7, 11) is -0.965. The molecule has 0 unspecified atom stereocenters. The van der Waals surface area contributed by atoms with Gasteiger partial charge in [0, 0.05) is 24.5 Å². The lowest BCUT2D eigenvalue weighted by molar-refractivity contribution is -0.385. The molecular weight excluding hydrogens is 314 g/mol. The normalized spacial score (nSPS) is 11.2. The monoisotopic (exact) mass is 327 g/mol. The van der Waals surface area contributed by atoms with E-state index in [1.165, 1.54) is 38.7 Å². The number of imidazole rings is 1. The van der Waals surface area contributed by atoms with Crippen molar-refractivity contribution < 1.29 is 22.8 Å². The van der Waals surface area contributed by atoms with E-state index in [-0.39, 0.29) is 28.6 Å². The maximum absolute atomic E-state index is 11.8. The summed E-state index contributed by atoms with van der Waals surface area (Å²) in [5.41, 5.74) is -0.147. The second kappa shape index (κ2) is 5.64. The first-order valence-corrected chi connectivity index (χ1v) is 7.79. The SMILES string of the molecule is COc1cc(OC)c([N+](=O)[O-])cc1-c1nccn1S(C)(=O)=O. The Kier molecular flexibility index (Phi) is 4.04. The van der Waals surface area contributed by atoms with E-state index in [0.717, 1.165) is 10.2 Å². The molecule has 0 aliphatic rings. The van der Waals surface area contributed by atoms with Gasteiger partial charge < -0.3 is 9.47 Å². The molecule has 118 valence electrons. The van der Waals surface area contributed by atoms with Crippen molar-refractivity contribution in [3.05, 3.63) is 34.6 Å². The Balaban J connectivity index is 2.78. The highest BCUT2D eigenvalue weighted by Gasteiger charge is 2.24. The number of nitro benzene ring substituents is 1. The van der Waals surface area contributed by atoms with Gasteiger partial charge in [0.15, 0.2) is 5.82 Å². The Morgan fingerprint density at radius 1 is 1.23 bits per heavy atom. The number of aromatic nitrogens is 2. The fourth-order valence-corrected chi connectivity index (χ4v) is 2.68. The summed E-state index contributed by atoms with van der Waals surface area (Å²) in [5, 5.41) is 11.1. The predicted octanol–water partition coefficient (Wildman–Crippen LogP) is 1.28. The van der Waals surface area contributed by atoms with Crippen LogP contribution in [0.4, 0.5) is 5.69 Å². The average molecular weight is 327 g/mol. The fraction of sp³-hybridized carbons (Fsp3) is 0.250. The van der Waals surface area contributed by atoms with Crippen LogP contribution in [0.25, 0.3) is 11.4 Å². The van der Waals surface area contributed by atoms with Gasteiger partial charge in [0.2, 0.25) is 15.8 Å². The molecule has 1 heterocycles. The molecule has 1 aromatic carbocycles. The lowest BCUT2D eigenvalue weighted by atomic mass is 10.1. The van der Waals surface area contributed by atoms with E-state index in [2.05, 4.69) is 4.98 Å². The Morgan fingerprint density at radius 2 is 1.86 bits per heavy atom. The zero-order valence-corrected chi connectivity index (χ0v) is 12.8. The quantitative estimate of drug-likeness (QED) is 0.600. The molecule has 0 aliphatic carbocycles. The molecule has 0 radical (unpaired) electrons. The van der Waals surface area contributed by atoms with Crippen LogP contribution in [-0.4, -0.2) is 42.8 Å². The predicted molar refractivity (Wildman–Crippen MR) is 77.7 cm³/mol. The summed E-state index contributed by atoms with van der Waals surface area (Å²) in [6, 6.07) is 2.48. The van der Waals surface area contributed by atoms with Gasteiger partial charge >= 0.3 is 5.69 Å². The number of ether oxygens (including phenoxy) is 2. The minimum absolute atomic E-state index is 0.00283. The summed E-state index contributed by atoms with van der Waals surface area (Å²) < 4.78 is 34.5. The van der Waals surface area contributed by atoms with Gasteiger partial charge in [-0.3, -0.25) is 10.1 Å². The third-order valence-electron chi connectivity index (χ3n) is 2.90. The lowest BCUT2D eigenvalue weighted by Gasteiger charge is -2.11. The maximum atomic E-state index is 11.8. The molecule has 0 N–H and O–H groups in total. The second-order valence-electron chi connectivity index (χ2n) is 4.29. The molecule has 0 bridgehead atoms. The molecule has 0 fully saturated rings. The number of nitro groups is 1. The van der Waals surface area contributed by atoms with Crippen molar-refractivity contribution in [3.63, 3.8) is 0 Å². The summed E-state index contributed by atoms with van der Waals surface area (Å²) in [6.45, 7) is 0. The van der Waals surface area contributed by atoms with Gasteiger partial charge in [0.25, 0.3) is 0 Å². The first-order valence-electron chi connectivity index (χ1n) is 5.94. The second-order valence-corrected chi connectivity index (χ2v) is 6.15. The molecule has 0 amide bonds. The van der Waals surface area contributed by atoms with E-state index >= 15 is 0 Å². The van der Waals surface area contributed by atoms with Crippen molar-refractivity contribution >= 4 is 15.7 Å². The molecule has 1 aromatic heterocycles. The van der Waals surface area contributed by atoms with Crippen LogP contribution >= 0.6 is 0 Å². The fourth-order valence-electron chi connectivity index (χ4n) is 1.95. The molecule has 0 atom stereocenters. The minimum atomic E-state index is -3.61. The first-order chi connectivity index (χ1) is 10.3. The number of benzene rings is 1. The molecule has 9 nitrogen and oxygen atoms in total. The van der Waals surface area contributed by atoms with Crippen molar-refractivity contribution in [2.45, 2.75) is 0 Å². The third kappa shape index (κ3) is 2.72. The molecule has 0 saturated carbocycles. The molecule has 22 heavy (non-hydrogen) atoms. The zero-order chi connectivity index (χ0) is 16.5. The molecule has 0 saturated heterocycles. The van der Waals surface area contributed by atoms with Gasteiger partial charge in [-0.15, -0.1) is 0 Å². The highest BCUT2D eigenvalue weighted by molar-refractivity contribution is 7.89. The van der Waals surface area contributed by atoms with Crippen LogP contribution in [-0.2, 0) is 10.0 Å². The molecule has 2 rings (SSSR count). The van der Waals surface area contributed by atoms with Crippen molar-refractivity contribution in [2.75, 3.05) is 20.5 Å². The van der Waals surface area contributed by atoms with Gasteiger partial charge in [0.1, 0.15) is 5.75 Å². The summed E-state index contributed by atoms with van der Waals surface area (Å²) in [6.07, 6.45) is 3.54. The van der Waals surface area contributed by atoms with Crippen LogP contribution in [0, 0.1) is 10.1 Å². The van der Waals surface area contributed by atoms with Crippen molar-refractivity contribution in [3.8, 4) is 22.9 Å². The van der Waals surface area contributed by atoms with E-state index in [1.807, 2.05) is 0 Å². The maximum Gasteiger partial charge on any atom is 0.311 e. The van der Waals surface area contributed by atoms with Crippen LogP contribution < -0.4 is 9.47 Å². The average Bonchev–Trinajstić information content (AvgIpc) is 2.94. The Hall–Kier alpha value is -2.62. The van der Waals surface area contributed by atoms with E-state index < -0.39 is 14.9 Å². The summed E-state index contributed by atoms with van der Waals surface area (Å²) in [5.74, 6) is 0.228. The van der Waals surface area contributed by atoms with Crippen molar-refractivity contribution in [2.24, 2.45) is 0 Å². The molecule has 2 aromatic rings. The van der Waals surface area contributed by atoms with Crippen LogP contribution in [0.1, 0.15) is 0 Å². The first kappa shape index (κ1) is 15.8. The topological polar surface area (TPSA) is 114 Å². The Bertz CT molecular complexity index is 827. The van der Waals surface area contributed by atoms with Gasteiger partial charge in [-0.2, -0.15) is 0 Å². The Morgan fingerprint density at radius 3 is 2.36 bits per heavy atom. The number of hydrogen-bond donors (Lipinski definition) is 0. The molecule has 0 aliphatic heterocycles. The number of methoxy groups -OCH3 is 2. The van der Waals surface area contributed by atoms with Gasteiger partial charge in [0.05, 0.1) is 31.0 Å². The van der Waals surface area contributed by atoms with Crippen LogP contribution in [0.5, 0.6) is 11.5 Å². The largest absolute Gasteiger partial charge is 0.496 e. The summed E-state index contributed by atoms with van der Waals surface area (Å²) in [4.78, 5) is 14.5. The highest BCUT2D eigenvalue weighted by Crippen LogP contribution is 2.39. The van der Waals surface area contributed by atoms with Crippen LogP contribution in [0.15, 0.2) is 24.5 Å². The number of rotatable bonds is 5. The molecule has 0 spiro atoms. The zero-order valence-electron chi connectivity index (χ0n) is 12.0. The van der Waals surface area contributed by atoms with Crippen LogP contribution in [0.3, 0.4) is 0 Å². The van der Waals surface area contributed by atoms with Crippen molar-refractivity contribution in [1.29, 1.82) is 0 Å². The molecular formula is C12H13N3O6S. The Labute approximate surface area is 126 Å². The third-order valence-corrected chi connectivity index (χ3v) is 3.91. The van der Waals surface area contributed by atoms with E-state index in [9.17, 15) is 18.5 Å². The van der Waals surface area contributed by atoms with Gasteiger partial charge in [-0.25, -0.2) is 17.4 Å². The summed E-state index contributed by atoms with van der Waals surface area (Å²) >= 11 is 0. The van der Waals surface area contributed by atoms with Gasteiger partial charge in [-0.1, -0.05) is 0 Å². The lowest BCUT2D eigenvalue weighted by Crippen LogP contribution is -2.11. The van der Waals surface area contributed by atoms with Crippen LogP contribution in [0.2, 0.25) is 0 Å².